The zero-order chi connectivity index (χ0) is 7.56. The summed E-state index contributed by atoms with van der Waals surface area (Å²) >= 11 is 0. The van der Waals surface area contributed by atoms with Crippen LogP contribution >= 0.6 is 0 Å². The molecule has 1 rings (SSSR count). The van der Waals surface area contributed by atoms with Crippen LogP contribution in [0, 0.1) is 11.9 Å². The lowest BCUT2D eigenvalue weighted by Crippen LogP contribution is -2.08. The van der Waals surface area contributed by atoms with Crippen LogP contribution in [0.25, 0.3) is 0 Å². The molecule has 0 amide bonds. The molecule has 0 aromatic heterocycles. The highest BCUT2D eigenvalue weighted by Gasteiger charge is 1.94. The summed E-state index contributed by atoms with van der Waals surface area (Å²) in [5.74, 6) is -0.314. The summed E-state index contributed by atoms with van der Waals surface area (Å²) in [6.07, 6.45) is 0. The number of benzene rings is 1. The number of hydrogen-bond acceptors (Lipinski definition) is 1. The number of rotatable bonds is 1. The van der Waals surface area contributed by atoms with Gasteiger partial charge in [0, 0.05) is 25.8 Å². The van der Waals surface area contributed by atoms with E-state index in [0.29, 0.717) is 0 Å². The average Bonchev–Trinajstić information content (AvgIpc) is 1.88. The maximum Gasteiger partial charge on any atom is 0.133 e. The minimum absolute atomic E-state index is 0.314. The van der Waals surface area contributed by atoms with Crippen LogP contribution in [0.5, 0.6) is 0 Å². The topological polar surface area (TPSA) is 3.24 Å². The molecule has 0 N–H and O–H groups in total. The first kappa shape index (κ1) is 7.06. The summed E-state index contributed by atoms with van der Waals surface area (Å²) < 4.78 is 12.4. The standard InChI is InChI=1S/C8H9FN/c1-10(2)8-5-3-4-7(9)6-8/h3,5-6H,1-2H3. The van der Waals surface area contributed by atoms with E-state index in [9.17, 15) is 4.39 Å². The van der Waals surface area contributed by atoms with E-state index in [1.165, 1.54) is 6.07 Å². The Balaban J connectivity index is 2.96. The number of hydrogen-bond donors (Lipinski definition) is 0. The second kappa shape index (κ2) is 2.69. The lowest BCUT2D eigenvalue weighted by molar-refractivity contribution is 0.625. The molecule has 1 aromatic rings. The summed E-state index contributed by atoms with van der Waals surface area (Å²) in [5, 5.41) is 0. The Kier molecular flexibility index (Phi) is 1.90. The summed E-state index contributed by atoms with van der Waals surface area (Å²) in [6, 6.07) is 7.26. The molecule has 0 aliphatic rings. The van der Waals surface area contributed by atoms with Crippen molar-refractivity contribution >= 4 is 5.69 Å². The van der Waals surface area contributed by atoms with Crippen molar-refractivity contribution in [2.75, 3.05) is 19.0 Å². The molecule has 0 aliphatic carbocycles. The van der Waals surface area contributed by atoms with Crippen molar-refractivity contribution in [3.05, 3.63) is 30.1 Å². The van der Waals surface area contributed by atoms with Gasteiger partial charge in [-0.15, -0.1) is 0 Å². The molecular weight excluding hydrogens is 129 g/mol. The molecule has 2 heteroatoms. The molecule has 0 spiro atoms. The van der Waals surface area contributed by atoms with E-state index in [1.54, 1.807) is 6.07 Å². The average molecular weight is 138 g/mol. The summed E-state index contributed by atoms with van der Waals surface area (Å²) in [7, 11) is 3.74. The highest BCUT2D eigenvalue weighted by atomic mass is 19.1. The van der Waals surface area contributed by atoms with E-state index in [1.807, 2.05) is 25.1 Å². The Morgan fingerprint density at radius 2 is 2.20 bits per heavy atom. The van der Waals surface area contributed by atoms with Crippen molar-refractivity contribution in [2.24, 2.45) is 0 Å². The van der Waals surface area contributed by atoms with Crippen LogP contribution in [-0.4, -0.2) is 14.1 Å². The fraction of sp³-hybridized carbons (Fsp3) is 0.250. The molecule has 0 aliphatic heterocycles. The SMILES string of the molecule is CN(C)c1cc[c]c(F)c1. The highest BCUT2D eigenvalue weighted by molar-refractivity contribution is 5.44. The molecule has 0 saturated carbocycles. The third-order valence-corrected chi connectivity index (χ3v) is 1.27. The first-order valence-corrected chi connectivity index (χ1v) is 3.05. The van der Waals surface area contributed by atoms with Crippen LogP contribution in [0.2, 0.25) is 0 Å². The largest absolute Gasteiger partial charge is 0.378 e. The summed E-state index contributed by atoms with van der Waals surface area (Å²) in [5.41, 5.74) is 0.858. The van der Waals surface area contributed by atoms with Crippen molar-refractivity contribution in [3.63, 3.8) is 0 Å². The normalized spacial score (nSPS) is 9.50. The second-order valence-electron chi connectivity index (χ2n) is 2.29. The maximum atomic E-state index is 12.4. The monoisotopic (exact) mass is 138 g/mol. The van der Waals surface area contributed by atoms with Gasteiger partial charge in [0.05, 0.1) is 0 Å². The number of anilines is 1. The van der Waals surface area contributed by atoms with E-state index in [4.69, 9.17) is 0 Å². The van der Waals surface area contributed by atoms with E-state index in [2.05, 4.69) is 6.07 Å². The van der Waals surface area contributed by atoms with Crippen molar-refractivity contribution in [1.29, 1.82) is 0 Å². The lowest BCUT2D eigenvalue weighted by atomic mass is 10.3. The minimum atomic E-state index is -0.314. The van der Waals surface area contributed by atoms with Gasteiger partial charge in [0.2, 0.25) is 0 Å². The Hall–Kier alpha value is -1.05. The minimum Gasteiger partial charge on any atom is -0.378 e. The molecular formula is C8H9FN. The van der Waals surface area contributed by atoms with Gasteiger partial charge in [0.25, 0.3) is 0 Å². The highest BCUT2D eigenvalue weighted by Crippen LogP contribution is 2.10. The van der Waals surface area contributed by atoms with Crippen LogP contribution < -0.4 is 4.90 Å². The van der Waals surface area contributed by atoms with Gasteiger partial charge in [-0.1, -0.05) is 0 Å². The van der Waals surface area contributed by atoms with E-state index in [-0.39, 0.29) is 5.82 Å². The fourth-order valence-corrected chi connectivity index (χ4v) is 0.704. The summed E-state index contributed by atoms with van der Waals surface area (Å²) in [4.78, 5) is 1.84. The molecule has 0 unspecified atom stereocenters. The number of nitrogens with zero attached hydrogens (tertiary/aromatic N) is 1. The van der Waals surface area contributed by atoms with Crippen molar-refractivity contribution in [3.8, 4) is 0 Å². The summed E-state index contributed by atoms with van der Waals surface area (Å²) in [6.45, 7) is 0. The van der Waals surface area contributed by atoms with Crippen LogP contribution in [0.1, 0.15) is 0 Å². The predicted molar refractivity (Wildman–Crippen MR) is 39.6 cm³/mol. The van der Waals surface area contributed by atoms with Gasteiger partial charge in [0.15, 0.2) is 0 Å². The Labute approximate surface area is 60.1 Å². The van der Waals surface area contributed by atoms with Gasteiger partial charge in [-0.3, -0.25) is 0 Å². The van der Waals surface area contributed by atoms with E-state index >= 15 is 0 Å². The molecule has 0 bridgehead atoms. The maximum absolute atomic E-state index is 12.4. The fourth-order valence-electron chi connectivity index (χ4n) is 0.704. The van der Waals surface area contributed by atoms with E-state index in [0.717, 1.165) is 5.69 Å². The molecule has 10 heavy (non-hydrogen) atoms. The Morgan fingerprint density at radius 3 is 2.60 bits per heavy atom. The van der Waals surface area contributed by atoms with Crippen molar-refractivity contribution in [1.82, 2.24) is 0 Å². The third-order valence-electron chi connectivity index (χ3n) is 1.27. The lowest BCUT2D eigenvalue weighted by Gasteiger charge is -2.10. The van der Waals surface area contributed by atoms with Gasteiger partial charge in [-0.2, -0.15) is 0 Å². The van der Waals surface area contributed by atoms with Gasteiger partial charge >= 0.3 is 0 Å². The molecule has 0 heterocycles. The van der Waals surface area contributed by atoms with Gasteiger partial charge in [0.1, 0.15) is 5.82 Å². The molecule has 1 aromatic carbocycles. The van der Waals surface area contributed by atoms with Crippen molar-refractivity contribution in [2.45, 2.75) is 0 Å². The Morgan fingerprint density at radius 1 is 1.50 bits per heavy atom. The zero-order valence-electron chi connectivity index (χ0n) is 6.06. The van der Waals surface area contributed by atoms with E-state index < -0.39 is 0 Å². The van der Waals surface area contributed by atoms with Gasteiger partial charge in [-0.05, 0) is 18.2 Å². The molecule has 0 saturated heterocycles. The first-order valence-electron chi connectivity index (χ1n) is 3.05. The van der Waals surface area contributed by atoms with Gasteiger partial charge < -0.3 is 4.90 Å². The second-order valence-corrected chi connectivity index (χ2v) is 2.29. The molecule has 0 fully saturated rings. The van der Waals surface area contributed by atoms with Gasteiger partial charge in [-0.25, -0.2) is 4.39 Å². The van der Waals surface area contributed by atoms with Crippen molar-refractivity contribution < 1.29 is 4.39 Å². The quantitative estimate of drug-likeness (QED) is 0.570. The smallest absolute Gasteiger partial charge is 0.133 e. The molecule has 1 nitrogen and oxygen atoms in total. The number of halogens is 1. The third kappa shape index (κ3) is 1.47. The molecule has 53 valence electrons. The predicted octanol–water partition coefficient (Wildman–Crippen LogP) is 1.69. The van der Waals surface area contributed by atoms with Crippen LogP contribution in [0.4, 0.5) is 10.1 Å². The van der Waals surface area contributed by atoms with Crippen LogP contribution in [-0.2, 0) is 0 Å². The zero-order valence-corrected chi connectivity index (χ0v) is 6.06. The molecule has 1 radical (unpaired) electrons. The van der Waals surface area contributed by atoms with Crippen LogP contribution in [0.3, 0.4) is 0 Å². The Bertz CT molecular complexity index is 220. The van der Waals surface area contributed by atoms with Crippen LogP contribution in [0.15, 0.2) is 18.2 Å². The molecule has 0 atom stereocenters. The first-order chi connectivity index (χ1) is 4.70.